The van der Waals surface area contributed by atoms with Crippen LogP contribution in [0.25, 0.3) is 0 Å². The molecule has 0 bridgehead atoms. The standard InChI is InChI=1S/C16H17FN2O2/c1-11-8-12(10-13(17)9-11)16(20)19-6-7-21-15-4-2-14(18)3-5-15/h2-5,8-10H,6-7,18H2,1H3,(H,19,20). The third-order valence-electron chi connectivity index (χ3n) is 2.84. The Bertz CT molecular complexity index is 606. The van der Waals surface area contributed by atoms with E-state index in [0.717, 1.165) is 0 Å². The summed E-state index contributed by atoms with van der Waals surface area (Å²) in [5, 5.41) is 2.68. The fraction of sp³-hybridized carbons (Fsp3) is 0.188. The molecule has 21 heavy (non-hydrogen) atoms. The number of nitrogens with one attached hydrogen (secondary N) is 1. The van der Waals surface area contributed by atoms with Crippen LogP contribution in [0, 0.1) is 12.7 Å². The van der Waals surface area contributed by atoms with E-state index in [2.05, 4.69) is 5.32 Å². The zero-order valence-corrected chi connectivity index (χ0v) is 11.7. The first kappa shape index (κ1) is 14.8. The van der Waals surface area contributed by atoms with Gasteiger partial charge in [-0.3, -0.25) is 4.79 Å². The van der Waals surface area contributed by atoms with Gasteiger partial charge in [0.15, 0.2) is 0 Å². The van der Waals surface area contributed by atoms with Gasteiger partial charge in [-0.2, -0.15) is 0 Å². The van der Waals surface area contributed by atoms with Crippen molar-refractivity contribution in [2.45, 2.75) is 6.92 Å². The first-order valence-corrected chi connectivity index (χ1v) is 6.58. The number of amides is 1. The van der Waals surface area contributed by atoms with Crippen LogP contribution >= 0.6 is 0 Å². The van der Waals surface area contributed by atoms with Gasteiger partial charge in [-0.15, -0.1) is 0 Å². The van der Waals surface area contributed by atoms with Gasteiger partial charge >= 0.3 is 0 Å². The average molecular weight is 288 g/mol. The highest BCUT2D eigenvalue weighted by Crippen LogP contribution is 2.12. The smallest absolute Gasteiger partial charge is 0.251 e. The number of hydrogen-bond donors (Lipinski definition) is 2. The summed E-state index contributed by atoms with van der Waals surface area (Å²) in [6.45, 7) is 2.40. The van der Waals surface area contributed by atoms with Crippen molar-refractivity contribution < 1.29 is 13.9 Å². The molecule has 3 N–H and O–H groups in total. The molecule has 4 nitrogen and oxygen atoms in total. The first-order chi connectivity index (χ1) is 10.0. The van der Waals surface area contributed by atoms with E-state index in [4.69, 9.17) is 10.5 Å². The highest BCUT2D eigenvalue weighted by molar-refractivity contribution is 5.94. The molecule has 0 fully saturated rings. The molecule has 2 aromatic rings. The lowest BCUT2D eigenvalue weighted by molar-refractivity contribution is 0.0946. The maximum atomic E-state index is 13.2. The number of anilines is 1. The predicted octanol–water partition coefficient (Wildman–Crippen LogP) is 2.53. The highest BCUT2D eigenvalue weighted by Gasteiger charge is 2.07. The van der Waals surface area contributed by atoms with Crippen molar-refractivity contribution in [1.29, 1.82) is 0 Å². The Morgan fingerprint density at radius 3 is 2.62 bits per heavy atom. The number of carbonyl (C=O) groups is 1. The Morgan fingerprint density at radius 2 is 1.95 bits per heavy atom. The second-order valence-electron chi connectivity index (χ2n) is 4.69. The molecule has 0 saturated carbocycles. The number of hydrogen-bond acceptors (Lipinski definition) is 3. The Balaban J connectivity index is 1.80. The van der Waals surface area contributed by atoms with Crippen LogP contribution in [0.4, 0.5) is 10.1 Å². The van der Waals surface area contributed by atoms with Gasteiger partial charge in [0.05, 0.1) is 6.54 Å². The molecule has 0 aromatic heterocycles. The molecule has 0 aliphatic heterocycles. The SMILES string of the molecule is Cc1cc(F)cc(C(=O)NCCOc2ccc(N)cc2)c1. The lowest BCUT2D eigenvalue weighted by atomic mass is 10.1. The molecule has 0 unspecified atom stereocenters. The van der Waals surface area contributed by atoms with Crippen LogP contribution < -0.4 is 15.8 Å². The van der Waals surface area contributed by atoms with Gasteiger partial charge < -0.3 is 15.8 Å². The molecule has 0 radical (unpaired) electrons. The maximum Gasteiger partial charge on any atom is 0.251 e. The summed E-state index contributed by atoms with van der Waals surface area (Å²) in [4.78, 5) is 11.9. The number of nitrogens with two attached hydrogens (primary N) is 1. The van der Waals surface area contributed by atoms with Crippen molar-refractivity contribution in [1.82, 2.24) is 5.32 Å². The van der Waals surface area contributed by atoms with Crippen LogP contribution in [0.2, 0.25) is 0 Å². The number of rotatable bonds is 5. The van der Waals surface area contributed by atoms with Crippen molar-refractivity contribution >= 4 is 11.6 Å². The van der Waals surface area contributed by atoms with Crippen molar-refractivity contribution in [3.05, 3.63) is 59.4 Å². The Labute approximate surface area is 122 Å². The van der Waals surface area contributed by atoms with E-state index in [0.29, 0.717) is 35.7 Å². The molecule has 0 atom stereocenters. The van der Waals surface area contributed by atoms with Crippen molar-refractivity contribution in [3.8, 4) is 5.75 Å². The first-order valence-electron chi connectivity index (χ1n) is 6.58. The molecule has 0 aliphatic rings. The average Bonchev–Trinajstić information content (AvgIpc) is 2.44. The molecule has 0 heterocycles. The normalized spacial score (nSPS) is 10.2. The maximum absolute atomic E-state index is 13.2. The summed E-state index contributed by atoms with van der Waals surface area (Å²) < 4.78 is 18.7. The van der Waals surface area contributed by atoms with Gasteiger partial charge in [-0.25, -0.2) is 4.39 Å². The van der Waals surface area contributed by atoms with Crippen molar-refractivity contribution in [2.75, 3.05) is 18.9 Å². The molecular formula is C16H17FN2O2. The second kappa shape index (κ2) is 6.74. The minimum absolute atomic E-state index is 0.306. The third-order valence-corrected chi connectivity index (χ3v) is 2.84. The van der Waals surface area contributed by atoms with Gasteiger partial charge in [0.2, 0.25) is 0 Å². The van der Waals surface area contributed by atoms with E-state index in [1.54, 1.807) is 37.3 Å². The van der Waals surface area contributed by atoms with Gasteiger partial charge in [0.1, 0.15) is 18.2 Å². The fourth-order valence-corrected chi connectivity index (χ4v) is 1.87. The fourth-order valence-electron chi connectivity index (χ4n) is 1.87. The summed E-state index contributed by atoms with van der Waals surface area (Å²) in [6, 6.07) is 11.2. The summed E-state index contributed by atoms with van der Waals surface area (Å²) >= 11 is 0. The number of aryl methyl sites for hydroxylation is 1. The molecule has 2 rings (SSSR count). The topological polar surface area (TPSA) is 64.3 Å². The van der Waals surface area contributed by atoms with Crippen LogP contribution in [-0.2, 0) is 0 Å². The van der Waals surface area contributed by atoms with Gasteiger partial charge in [-0.05, 0) is 55.0 Å². The van der Waals surface area contributed by atoms with E-state index in [-0.39, 0.29) is 5.91 Å². The zero-order chi connectivity index (χ0) is 15.2. The van der Waals surface area contributed by atoms with Crippen LogP contribution in [0.3, 0.4) is 0 Å². The molecule has 110 valence electrons. The monoisotopic (exact) mass is 288 g/mol. The number of nitrogen functional groups attached to an aromatic ring is 1. The molecule has 2 aromatic carbocycles. The van der Waals surface area contributed by atoms with E-state index in [1.807, 2.05) is 0 Å². The van der Waals surface area contributed by atoms with Gasteiger partial charge in [0.25, 0.3) is 5.91 Å². The molecule has 0 saturated heterocycles. The van der Waals surface area contributed by atoms with E-state index < -0.39 is 5.82 Å². The molecule has 0 spiro atoms. The van der Waals surface area contributed by atoms with Crippen LogP contribution in [0.5, 0.6) is 5.75 Å². The minimum atomic E-state index is -0.418. The van der Waals surface area contributed by atoms with Crippen LogP contribution in [0.1, 0.15) is 15.9 Å². The quantitative estimate of drug-likeness (QED) is 0.656. The Hall–Kier alpha value is -2.56. The van der Waals surface area contributed by atoms with E-state index in [9.17, 15) is 9.18 Å². The van der Waals surface area contributed by atoms with Crippen molar-refractivity contribution in [2.24, 2.45) is 0 Å². The number of benzene rings is 2. The van der Waals surface area contributed by atoms with Gasteiger partial charge in [0, 0.05) is 11.3 Å². The van der Waals surface area contributed by atoms with Gasteiger partial charge in [-0.1, -0.05) is 0 Å². The number of carbonyl (C=O) groups excluding carboxylic acids is 1. The molecule has 5 heteroatoms. The lowest BCUT2D eigenvalue weighted by Crippen LogP contribution is -2.28. The predicted molar refractivity (Wildman–Crippen MR) is 79.8 cm³/mol. The number of halogens is 1. The molecule has 0 aliphatic carbocycles. The van der Waals surface area contributed by atoms with E-state index >= 15 is 0 Å². The second-order valence-corrected chi connectivity index (χ2v) is 4.69. The van der Waals surface area contributed by atoms with Crippen LogP contribution in [-0.4, -0.2) is 19.1 Å². The Kier molecular flexibility index (Phi) is 4.77. The minimum Gasteiger partial charge on any atom is -0.492 e. The highest BCUT2D eigenvalue weighted by atomic mass is 19.1. The Morgan fingerprint density at radius 1 is 1.24 bits per heavy atom. The summed E-state index contributed by atoms with van der Waals surface area (Å²) in [6.07, 6.45) is 0. The summed E-state index contributed by atoms with van der Waals surface area (Å²) in [5.74, 6) is -0.0585. The van der Waals surface area contributed by atoms with Crippen molar-refractivity contribution in [3.63, 3.8) is 0 Å². The zero-order valence-electron chi connectivity index (χ0n) is 11.7. The largest absolute Gasteiger partial charge is 0.492 e. The third kappa shape index (κ3) is 4.49. The molecule has 1 amide bonds. The van der Waals surface area contributed by atoms with E-state index in [1.165, 1.54) is 12.1 Å². The van der Waals surface area contributed by atoms with Crippen LogP contribution in [0.15, 0.2) is 42.5 Å². The summed E-state index contributed by atoms with van der Waals surface area (Å²) in [7, 11) is 0. The molecular weight excluding hydrogens is 271 g/mol. The lowest BCUT2D eigenvalue weighted by Gasteiger charge is -2.08. The number of ether oxygens (including phenoxy) is 1. The summed E-state index contributed by atoms with van der Waals surface area (Å²) in [5.41, 5.74) is 7.24.